The third-order valence-corrected chi connectivity index (χ3v) is 6.42. The predicted molar refractivity (Wildman–Crippen MR) is 116 cm³/mol. The Hall–Kier alpha value is -2.98. The van der Waals surface area contributed by atoms with Crippen LogP contribution < -0.4 is 5.32 Å². The highest BCUT2D eigenvalue weighted by Gasteiger charge is 2.43. The topological polar surface area (TPSA) is 74.5 Å². The highest BCUT2D eigenvalue weighted by atomic mass is 32.1. The fraction of sp³-hybridized carbons (Fsp3) is 0.348. The second-order valence-corrected chi connectivity index (χ2v) is 9.29. The van der Waals surface area contributed by atoms with Crippen LogP contribution in [0.4, 0.5) is 15.1 Å². The molecule has 0 amide bonds. The Labute approximate surface area is 178 Å². The van der Waals surface area contributed by atoms with Crippen LogP contribution in [0.5, 0.6) is 0 Å². The molecule has 30 heavy (non-hydrogen) atoms. The first kappa shape index (κ1) is 20.3. The van der Waals surface area contributed by atoms with Crippen molar-refractivity contribution < 1.29 is 13.9 Å². The van der Waals surface area contributed by atoms with Crippen molar-refractivity contribution in [1.29, 1.82) is 5.26 Å². The van der Waals surface area contributed by atoms with Crippen molar-refractivity contribution in [1.82, 2.24) is 0 Å². The molecule has 1 unspecified atom stereocenters. The number of thiophene rings is 1. The van der Waals surface area contributed by atoms with Crippen molar-refractivity contribution in [2.24, 2.45) is 10.4 Å². The number of ether oxygens (including phenoxy) is 1. The lowest BCUT2D eigenvalue weighted by atomic mass is 9.69. The molecule has 0 fully saturated rings. The van der Waals surface area contributed by atoms with Gasteiger partial charge >= 0.3 is 0 Å². The molecule has 5 nitrogen and oxygen atoms in total. The molecule has 154 valence electrons. The molecule has 2 aromatic rings. The molecule has 0 radical (unpaired) electrons. The second kappa shape index (κ2) is 7.69. The molecule has 1 atom stereocenters. The normalized spacial score (nSPS) is 19.8. The summed E-state index contributed by atoms with van der Waals surface area (Å²) in [6, 6.07) is 8.41. The van der Waals surface area contributed by atoms with Gasteiger partial charge < -0.3 is 10.1 Å². The zero-order valence-corrected chi connectivity index (χ0v) is 17.9. The van der Waals surface area contributed by atoms with Gasteiger partial charge in [0.15, 0.2) is 12.2 Å². The van der Waals surface area contributed by atoms with Gasteiger partial charge in [-0.2, -0.15) is 5.26 Å². The van der Waals surface area contributed by atoms with Crippen LogP contribution in [0.2, 0.25) is 0 Å². The summed E-state index contributed by atoms with van der Waals surface area (Å²) in [6.07, 6.45) is 2.50. The Morgan fingerprint density at radius 2 is 2.10 bits per heavy atom. The lowest BCUT2D eigenvalue weighted by Crippen LogP contribution is -2.33. The van der Waals surface area contributed by atoms with E-state index in [0.29, 0.717) is 29.2 Å². The SMILES string of the molecule is CCOC=Nc1c(C#N)sc2c1C(c1ccc(F)cc1)C1=C(CC(C)(C)CC1=O)N2. The summed E-state index contributed by atoms with van der Waals surface area (Å²) in [5.74, 6) is -0.679. The van der Waals surface area contributed by atoms with Gasteiger partial charge in [-0.25, -0.2) is 9.38 Å². The van der Waals surface area contributed by atoms with Gasteiger partial charge in [0, 0.05) is 29.2 Å². The predicted octanol–water partition coefficient (Wildman–Crippen LogP) is 5.66. The number of rotatable bonds is 4. The minimum Gasteiger partial charge on any atom is -0.483 e. The number of nitriles is 1. The van der Waals surface area contributed by atoms with Gasteiger partial charge in [-0.3, -0.25) is 4.79 Å². The van der Waals surface area contributed by atoms with E-state index in [1.165, 1.54) is 29.9 Å². The molecule has 1 aromatic carbocycles. The van der Waals surface area contributed by atoms with Crippen molar-refractivity contribution in [2.45, 2.75) is 39.5 Å². The Morgan fingerprint density at radius 1 is 1.37 bits per heavy atom. The third-order valence-electron chi connectivity index (χ3n) is 5.41. The number of benzene rings is 1. The summed E-state index contributed by atoms with van der Waals surface area (Å²) in [5, 5.41) is 13.9. The van der Waals surface area contributed by atoms with Gasteiger partial charge in [0.05, 0.1) is 6.61 Å². The molecule has 1 aliphatic heterocycles. The number of hydrogen-bond donors (Lipinski definition) is 1. The molecular weight excluding hydrogens is 401 g/mol. The Bertz CT molecular complexity index is 1110. The number of carbonyl (C=O) groups is 1. The zero-order valence-electron chi connectivity index (χ0n) is 17.1. The van der Waals surface area contributed by atoms with Crippen LogP contribution in [0.1, 0.15) is 55.5 Å². The molecule has 7 heteroatoms. The lowest BCUT2D eigenvalue weighted by molar-refractivity contribution is -0.118. The van der Waals surface area contributed by atoms with Crippen LogP contribution in [-0.4, -0.2) is 18.8 Å². The number of nitrogens with zero attached hydrogens (tertiary/aromatic N) is 2. The Kier molecular flexibility index (Phi) is 5.20. The first-order chi connectivity index (χ1) is 14.3. The molecule has 4 rings (SSSR count). The van der Waals surface area contributed by atoms with Crippen molar-refractivity contribution in [3.05, 3.63) is 57.4 Å². The zero-order chi connectivity index (χ0) is 21.5. The first-order valence-corrected chi connectivity index (χ1v) is 10.7. The van der Waals surface area contributed by atoms with Crippen molar-refractivity contribution in [2.75, 3.05) is 11.9 Å². The molecule has 0 saturated heterocycles. The van der Waals surface area contributed by atoms with E-state index in [1.54, 1.807) is 12.1 Å². The van der Waals surface area contributed by atoms with Crippen LogP contribution >= 0.6 is 11.3 Å². The third kappa shape index (κ3) is 3.52. The van der Waals surface area contributed by atoms with Crippen LogP contribution in [0.25, 0.3) is 0 Å². The van der Waals surface area contributed by atoms with E-state index in [9.17, 15) is 14.4 Å². The van der Waals surface area contributed by atoms with Crippen LogP contribution in [-0.2, 0) is 9.53 Å². The second-order valence-electron chi connectivity index (χ2n) is 8.27. The summed E-state index contributed by atoms with van der Waals surface area (Å²) in [4.78, 5) is 18.1. The van der Waals surface area contributed by atoms with E-state index >= 15 is 0 Å². The maximum Gasteiger partial charge on any atom is 0.174 e. The summed E-state index contributed by atoms with van der Waals surface area (Å²) >= 11 is 1.32. The van der Waals surface area contributed by atoms with Gasteiger partial charge in [0.2, 0.25) is 0 Å². The van der Waals surface area contributed by atoms with E-state index in [2.05, 4.69) is 30.2 Å². The van der Waals surface area contributed by atoms with Crippen molar-refractivity contribution >= 4 is 34.2 Å². The lowest BCUT2D eigenvalue weighted by Gasteiger charge is -2.38. The van der Waals surface area contributed by atoms with Gasteiger partial charge in [0.25, 0.3) is 0 Å². The molecule has 0 bridgehead atoms. The maximum absolute atomic E-state index is 13.6. The molecule has 1 N–H and O–H groups in total. The Balaban J connectivity index is 1.95. The van der Waals surface area contributed by atoms with Crippen LogP contribution in [0.3, 0.4) is 0 Å². The first-order valence-electron chi connectivity index (χ1n) is 9.84. The molecule has 2 heterocycles. The van der Waals surface area contributed by atoms with Crippen molar-refractivity contribution in [3.63, 3.8) is 0 Å². The summed E-state index contributed by atoms with van der Waals surface area (Å²) in [6.45, 7) is 6.46. The number of Topliss-reactive ketones (excluding diaryl/α,β-unsaturated/α-hetero) is 1. The fourth-order valence-corrected chi connectivity index (χ4v) is 5.22. The van der Waals surface area contributed by atoms with Crippen LogP contribution in [0.15, 0.2) is 40.5 Å². The largest absolute Gasteiger partial charge is 0.483 e. The van der Waals surface area contributed by atoms with Crippen molar-refractivity contribution in [3.8, 4) is 6.07 Å². The standard InChI is InChI=1S/C23H22FN3O2S/c1-4-29-12-26-21-17(11-25)30-22-20(21)18(13-5-7-14(24)8-6-13)19-15(27-22)9-23(2,3)10-16(19)28/h5-8,12,18,27H,4,9-10H2,1-3H3. The number of aliphatic imine (C=N–C) groups is 1. The number of anilines is 1. The number of fused-ring (bicyclic) bond motifs is 1. The molecular formula is C23H22FN3O2S. The summed E-state index contributed by atoms with van der Waals surface area (Å²) in [7, 11) is 0. The smallest absolute Gasteiger partial charge is 0.174 e. The molecule has 0 saturated carbocycles. The van der Waals surface area contributed by atoms with E-state index in [-0.39, 0.29) is 17.0 Å². The molecule has 1 aliphatic carbocycles. The highest BCUT2D eigenvalue weighted by molar-refractivity contribution is 7.17. The molecule has 0 spiro atoms. The molecule has 1 aromatic heterocycles. The average Bonchev–Trinajstić information content (AvgIpc) is 3.03. The van der Waals surface area contributed by atoms with Gasteiger partial charge in [0.1, 0.15) is 27.5 Å². The molecule has 2 aliphatic rings. The van der Waals surface area contributed by atoms with E-state index in [1.807, 2.05) is 6.92 Å². The summed E-state index contributed by atoms with van der Waals surface area (Å²) in [5.41, 5.74) is 3.48. The van der Waals surface area contributed by atoms with E-state index < -0.39 is 5.92 Å². The number of hydrogen-bond acceptors (Lipinski definition) is 6. The average molecular weight is 424 g/mol. The monoisotopic (exact) mass is 423 g/mol. The number of allylic oxidation sites excluding steroid dienone is 2. The minimum absolute atomic E-state index is 0.0678. The van der Waals surface area contributed by atoms with Gasteiger partial charge in [-0.15, -0.1) is 11.3 Å². The van der Waals surface area contributed by atoms with Gasteiger partial charge in [-0.05, 0) is 36.5 Å². The Morgan fingerprint density at radius 3 is 2.77 bits per heavy atom. The van der Waals surface area contributed by atoms with Crippen LogP contribution in [0, 0.1) is 22.6 Å². The van der Waals surface area contributed by atoms with Gasteiger partial charge in [-0.1, -0.05) is 26.0 Å². The summed E-state index contributed by atoms with van der Waals surface area (Å²) < 4.78 is 18.9. The quantitative estimate of drug-likeness (QED) is 0.509. The number of nitrogens with one attached hydrogen (secondary N) is 1. The highest BCUT2D eigenvalue weighted by Crippen LogP contribution is 2.55. The van der Waals surface area contributed by atoms with E-state index in [4.69, 9.17) is 4.74 Å². The number of halogens is 1. The number of carbonyl (C=O) groups excluding carboxylic acids is 1. The minimum atomic E-state index is -0.410. The maximum atomic E-state index is 13.6. The van der Waals surface area contributed by atoms with E-state index in [0.717, 1.165) is 28.2 Å². The fourth-order valence-electron chi connectivity index (χ4n) is 4.22. The number of ketones is 1.